The van der Waals surface area contributed by atoms with Gasteiger partial charge in [-0.15, -0.1) is 0 Å². The molecular formula is C25H25NO4. The fraction of sp³-hybridized carbons (Fsp3) is 0.320. The van der Waals surface area contributed by atoms with Crippen LogP contribution in [0.4, 0.5) is 0 Å². The van der Waals surface area contributed by atoms with Gasteiger partial charge in [-0.2, -0.15) is 0 Å². The number of furan rings is 1. The molecule has 1 N–H and O–H groups in total. The van der Waals surface area contributed by atoms with Crippen LogP contribution >= 0.6 is 0 Å². The van der Waals surface area contributed by atoms with E-state index in [4.69, 9.17) is 9.15 Å². The molecule has 1 fully saturated rings. The first-order chi connectivity index (χ1) is 14.5. The summed E-state index contributed by atoms with van der Waals surface area (Å²) in [6, 6.07) is 11.7. The highest BCUT2D eigenvalue weighted by molar-refractivity contribution is 6.15. The number of para-hydroxylation sites is 1. The zero-order valence-corrected chi connectivity index (χ0v) is 17.3. The number of phenolic OH excluding ortho intramolecular Hbond substituents is 1. The SMILES string of the molecule is Cc1cc(O)c(CN2CCCC[C@H]2C)c2c1C(=O)/C(=C/c1cc3ccccc3o1)O2. The summed E-state index contributed by atoms with van der Waals surface area (Å²) in [5.74, 6) is 1.29. The molecule has 2 aliphatic heterocycles. The van der Waals surface area contributed by atoms with Gasteiger partial charge >= 0.3 is 0 Å². The molecule has 5 heteroatoms. The molecule has 2 aromatic carbocycles. The van der Waals surface area contributed by atoms with Crippen molar-refractivity contribution in [3.63, 3.8) is 0 Å². The molecule has 1 aromatic heterocycles. The number of rotatable bonds is 3. The zero-order chi connectivity index (χ0) is 20.8. The van der Waals surface area contributed by atoms with E-state index in [0.717, 1.165) is 35.9 Å². The Morgan fingerprint density at radius 3 is 2.87 bits per heavy atom. The summed E-state index contributed by atoms with van der Waals surface area (Å²) in [4.78, 5) is 15.5. The van der Waals surface area contributed by atoms with Crippen molar-refractivity contribution in [2.45, 2.75) is 45.7 Å². The summed E-state index contributed by atoms with van der Waals surface area (Å²) in [5, 5.41) is 11.6. The maximum Gasteiger partial charge on any atom is 0.232 e. The minimum absolute atomic E-state index is 0.170. The number of benzene rings is 2. The van der Waals surface area contributed by atoms with E-state index in [1.165, 1.54) is 6.42 Å². The number of aromatic hydroxyl groups is 1. The van der Waals surface area contributed by atoms with Crippen molar-refractivity contribution in [3.8, 4) is 11.5 Å². The van der Waals surface area contributed by atoms with Crippen molar-refractivity contribution in [1.82, 2.24) is 4.90 Å². The average molecular weight is 403 g/mol. The summed E-state index contributed by atoms with van der Waals surface area (Å²) >= 11 is 0. The maximum absolute atomic E-state index is 13.1. The second-order valence-electron chi connectivity index (χ2n) is 8.34. The van der Waals surface area contributed by atoms with E-state index in [-0.39, 0.29) is 17.3 Å². The van der Waals surface area contributed by atoms with Crippen LogP contribution in [-0.4, -0.2) is 28.4 Å². The van der Waals surface area contributed by atoms with Crippen LogP contribution in [0, 0.1) is 6.92 Å². The molecule has 2 aliphatic rings. The number of aryl methyl sites for hydroxylation is 1. The van der Waals surface area contributed by atoms with Crippen LogP contribution in [0.2, 0.25) is 0 Å². The molecule has 0 radical (unpaired) electrons. The molecule has 1 atom stereocenters. The third kappa shape index (κ3) is 3.19. The van der Waals surface area contributed by atoms with E-state index < -0.39 is 0 Å². The highest BCUT2D eigenvalue weighted by Gasteiger charge is 2.34. The molecular weight excluding hydrogens is 378 g/mol. The lowest BCUT2D eigenvalue weighted by molar-refractivity contribution is 0.101. The van der Waals surface area contributed by atoms with Crippen LogP contribution in [0.25, 0.3) is 17.0 Å². The van der Waals surface area contributed by atoms with E-state index in [2.05, 4.69) is 11.8 Å². The normalized spacial score (nSPS) is 20.7. The Balaban J connectivity index is 1.52. The van der Waals surface area contributed by atoms with Gasteiger partial charge in [-0.3, -0.25) is 9.69 Å². The first kappa shape index (κ1) is 18.9. The van der Waals surface area contributed by atoms with Crippen molar-refractivity contribution in [1.29, 1.82) is 0 Å². The number of carbonyl (C=O) groups is 1. The molecule has 0 saturated carbocycles. The van der Waals surface area contributed by atoms with Crippen LogP contribution in [0.5, 0.6) is 11.5 Å². The van der Waals surface area contributed by atoms with Gasteiger partial charge in [0.2, 0.25) is 5.78 Å². The number of fused-ring (bicyclic) bond motifs is 2. The lowest BCUT2D eigenvalue weighted by Crippen LogP contribution is -2.36. The van der Waals surface area contributed by atoms with Crippen molar-refractivity contribution < 1.29 is 19.1 Å². The number of ketones is 1. The lowest BCUT2D eigenvalue weighted by atomic mass is 9.97. The summed E-state index contributed by atoms with van der Waals surface area (Å²) < 4.78 is 11.9. The first-order valence-electron chi connectivity index (χ1n) is 10.5. The molecule has 5 nitrogen and oxygen atoms in total. The Bertz CT molecular complexity index is 1140. The maximum atomic E-state index is 13.1. The molecule has 154 valence electrons. The fourth-order valence-electron chi connectivity index (χ4n) is 4.53. The molecule has 0 bridgehead atoms. The molecule has 0 unspecified atom stereocenters. The van der Waals surface area contributed by atoms with Gasteiger partial charge in [-0.1, -0.05) is 24.6 Å². The molecule has 3 aromatic rings. The third-order valence-electron chi connectivity index (χ3n) is 6.24. The average Bonchev–Trinajstić information content (AvgIpc) is 3.27. The van der Waals surface area contributed by atoms with Crippen molar-refractivity contribution >= 4 is 22.8 Å². The Labute approximate surface area is 175 Å². The molecule has 0 spiro atoms. The quantitative estimate of drug-likeness (QED) is 0.590. The number of likely N-dealkylation sites (tertiary alicyclic amines) is 1. The van der Waals surface area contributed by atoms with Crippen molar-refractivity contribution in [2.75, 3.05) is 6.54 Å². The number of Topliss-reactive ketones (excluding diaryl/α,β-unsaturated/α-hetero) is 1. The third-order valence-corrected chi connectivity index (χ3v) is 6.24. The second-order valence-corrected chi connectivity index (χ2v) is 8.34. The zero-order valence-electron chi connectivity index (χ0n) is 17.3. The number of ether oxygens (including phenoxy) is 1. The Hall–Kier alpha value is -3.05. The van der Waals surface area contributed by atoms with Crippen LogP contribution in [0.1, 0.15) is 53.4 Å². The number of piperidine rings is 1. The van der Waals surface area contributed by atoms with Gasteiger partial charge in [0.25, 0.3) is 0 Å². The highest BCUT2D eigenvalue weighted by Crippen LogP contribution is 2.43. The monoisotopic (exact) mass is 403 g/mol. The molecule has 5 rings (SSSR count). The van der Waals surface area contributed by atoms with E-state index in [1.807, 2.05) is 37.3 Å². The standard InChI is InChI=1S/C25H25NO4/c1-15-11-20(27)19(14-26-10-6-5-7-16(26)2)25-23(15)24(28)22(30-25)13-18-12-17-8-3-4-9-21(17)29-18/h3-4,8-9,11-13,16,27H,5-7,10,14H2,1-2H3/b22-13-/t16-/m1/s1. The van der Waals surface area contributed by atoms with Crippen molar-refractivity contribution in [3.05, 3.63) is 64.6 Å². The number of hydrogen-bond acceptors (Lipinski definition) is 5. The fourth-order valence-corrected chi connectivity index (χ4v) is 4.53. The van der Waals surface area contributed by atoms with Crippen LogP contribution in [-0.2, 0) is 6.54 Å². The number of phenols is 1. The highest BCUT2D eigenvalue weighted by atomic mass is 16.5. The van der Waals surface area contributed by atoms with Crippen LogP contribution < -0.4 is 4.74 Å². The first-order valence-corrected chi connectivity index (χ1v) is 10.5. The van der Waals surface area contributed by atoms with E-state index in [1.54, 1.807) is 12.1 Å². The van der Waals surface area contributed by atoms with Gasteiger partial charge in [-0.05, 0) is 57.0 Å². The Morgan fingerprint density at radius 2 is 2.07 bits per heavy atom. The molecule has 1 saturated heterocycles. The molecule has 3 heterocycles. The smallest absolute Gasteiger partial charge is 0.232 e. The minimum atomic E-state index is -0.170. The Morgan fingerprint density at radius 1 is 1.23 bits per heavy atom. The summed E-state index contributed by atoms with van der Waals surface area (Å²) in [5.41, 5.74) is 2.71. The topological polar surface area (TPSA) is 62.9 Å². The minimum Gasteiger partial charge on any atom is -0.507 e. The summed E-state index contributed by atoms with van der Waals surface area (Å²) in [7, 11) is 0. The van der Waals surface area contributed by atoms with Gasteiger partial charge in [0.05, 0.1) is 11.1 Å². The Kier molecular flexibility index (Phi) is 4.63. The predicted octanol–water partition coefficient (Wildman–Crippen LogP) is 5.44. The van der Waals surface area contributed by atoms with Crippen LogP contribution in [0.15, 0.2) is 46.6 Å². The van der Waals surface area contributed by atoms with Crippen molar-refractivity contribution in [2.24, 2.45) is 0 Å². The summed E-state index contributed by atoms with van der Waals surface area (Å²) in [6.45, 7) is 5.60. The van der Waals surface area contributed by atoms with E-state index >= 15 is 0 Å². The second kappa shape index (κ2) is 7.33. The van der Waals surface area contributed by atoms with Gasteiger partial charge in [0.15, 0.2) is 5.76 Å². The van der Waals surface area contributed by atoms with Crippen LogP contribution in [0.3, 0.4) is 0 Å². The molecule has 0 aliphatic carbocycles. The van der Waals surface area contributed by atoms with Gasteiger partial charge in [0, 0.05) is 24.0 Å². The predicted molar refractivity (Wildman–Crippen MR) is 116 cm³/mol. The molecule has 30 heavy (non-hydrogen) atoms. The number of nitrogens with zero attached hydrogens (tertiary/aromatic N) is 1. The lowest BCUT2D eigenvalue weighted by Gasteiger charge is -2.33. The summed E-state index contributed by atoms with van der Waals surface area (Å²) in [6.07, 6.45) is 5.17. The van der Waals surface area contributed by atoms with E-state index in [0.29, 0.717) is 35.2 Å². The van der Waals surface area contributed by atoms with Gasteiger partial charge in [-0.25, -0.2) is 0 Å². The van der Waals surface area contributed by atoms with Gasteiger partial charge in [0.1, 0.15) is 22.8 Å². The largest absolute Gasteiger partial charge is 0.507 e. The number of allylic oxidation sites excluding steroid dienone is 1. The van der Waals surface area contributed by atoms with Gasteiger partial charge < -0.3 is 14.3 Å². The number of hydrogen-bond donors (Lipinski definition) is 1. The number of carbonyl (C=O) groups excluding carboxylic acids is 1. The van der Waals surface area contributed by atoms with E-state index in [9.17, 15) is 9.90 Å². The molecule has 0 amide bonds.